The fraction of sp³-hybridized carbons (Fsp3) is 0.600. The maximum Gasteiger partial charge on any atom is 0.163 e. The van der Waals surface area contributed by atoms with E-state index in [-0.39, 0.29) is 12.0 Å². The fourth-order valence-corrected chi connectivity index (χ4v) is 3.10. The maximum absolute atomic E-state index is 10.6. The van der Waals surface area contributed by atoms with Crippen LogP contribution < -0.4 is 0 Å². The molecule has 1 heterocycles. The quantitative estimate of drug-likeness (QED) is 0.866. The van der Waals surface area contributed by atoms with E-state index in [0.717, 1.165) is 5.56 Å². The van der Waals surface area contributed by atoms with Gasteiger partial charge in [0.15, 0.2) is 5.79 Å². The highest BCUT2D eigenvalue weighted by molar-refractivity contribution is 5.35. The zero-order valence-corrected chi connectivity index (χ0v) is 14.8. The number of rotatable bonds is 3. The molecule has 0 aromatic heterocycles. The number of ether oxygens (including phenoxy) is 2. The first kappa shape index (κ1) is 18.0. The molecule has 0 radical (unpaired) electrons. The monoisotopic (exact) mass is 316 g/mol. The molecule has 4 atom stereocenters. The first-order valence-corrected chi connectivity index (χ1v) is 8.31. The molecule has 0 amide bonds. The second-order valence-corrected chi connectivity index (χ2v) is 7.34. The Labute approximate surface area is 140 Å². The Morgan fingerprint density at radius 1 is 1.35 bits per heavy atom. The molecule has 1 fully saturated rings. The predicted octanol–water partition coefficient (Wildman–Crippen LogP) is 3.60. The van der Waals surface area contributed by atoms with E-state index in [4.69, 9.17) is 9.47 Å². The van der Waals surface area contributed by atoms with Crippen molar-refractivity contribution in [3.05, 3.63) is 35.9 Å². The first-order chi connectivity index (χ1) is 10.7. The van der Waals surface area contributed by atoms with Gasteiger partial charge < -0.3 is 14.6 Å². The normalized spacial score (nSPS) is 27.4. The van der Waals surface area contributed by atoms with E-state index in [1.165, 1.54) is 0 Å². The van der Waals surface area contributed by atoms with Crippen LogP contribution in [0.1, 0.15) is 46.6 Å². The molecule has 0 spiro atoms. The highest BCUT2D eigenvalue weighted by Gasteiger charge is 2.38. The van der Waals surface area contributed by atoms with Crippen molar-refractivity contribution in [2.24, 2.45) is 11.8 Å². The van der Waals surface area contributed by atoms with Crippen molar-refractivity contribution in [1.82, 2.24) is 0 Å². The van der Waals surface area contributed by atoms with Crippen molar-refractivity contribution in [2.45, 2.75) is 58.5 Å². The number of hydrogen-bond acceptors (Lipinski definition) is 3. The third-order valence-corrected chi connectivity index (χ3v) is 4.20. The van der Waals surface area contributed by atoms with Gasteiger partial charge in [0.1, 0.15) is 5.60 Å². The lowest BCUT2D eigenvalue weighted by atomic mass is 9.84. The van der Waals surface area contributed by atoms with Crippen LogP contribution in [-0.4, -0.2) is 29.2 Å². The summed E-state index contributed by atoms with van der Waals surface area (Å²) in [5, 5.41) is 10.6. The molecule has 0 bridgehead atoms. The number of benzene rings is 1. The third kappa shape index (κ3) is 5.35. The third-order valence-electron chi connectivity index (χ3n) is 4.20. The van der Waals surface area contributed by atoms with E-state index in [2.05, 4.69) is 25.7 Å². The SMILES string of the molecule is C[C@H]1COC(C)(C)O[C@H]1[C@@H](C)C[C@@](C)(O)C#Cc1ccccc1. The van der Waals surface area contributed by atoms with Gasteiger partial charge in [-0.3, -0.25) is 0 Å². The molecule has 3 heteroatoms. The lowest BCUT2D eigenvalue weighted by molar-refractivity contribution is -0.300. The van der Waals surface area contributed by atoms with Crippen molar-refractivity contribution < 1.29 is 14.6 Å². The largest absolute Gasteiger partial charge is 0.378 e. The van der Waals surface area contributed by atoms with Crippen molar-refractivity contribution in [2.75, 3.05) is 6.61 Å². The molecule has 1 aliphatic heterocycles. The Balaban J connectivity index is 2.03. The molecule has 2 rings (SSSR count). The second-order valence-electron chi connectivity index (χ2n) is 7.34. The molecule has 23 heavy (non-hydrogen) atoms. The molecule has 3 nitrogen and oxygen atoms in total. The van der Waals surface area contributed by atoms with E-state index in [9.17, 15) is 5.11 Å². The molecule has 1 N–H and O–H groups in total. The summed E-state index contributed by atoms with van der Waals surface area (Å²) >= 11 is 0. The van der Waals surface area contributed by atoms with Gasteiger partial charge in [-0.1, -0.05) is 43.9 Å². The van der Waals surface area contributed by atoms with Gasteiger partial charge in [0.05, 0.1) is 12.7 Å². The van der Waals surface area contributed by atoms with Gasteiger partial charge in [-0.25, -0.2) is 0 Å². The smallest absolute Gasteiger partial charge is 0.163 e. The molecular formula is C20H28O3. The molecule has 0 unspecified atom stereocenters. The van der Waals surface area contributed by atoms with Crippen LogP contribution in [0.5, 0.6) is 0 Å². The Morgan fingerprint density at radius 2 is 2.00 bits per heavy atom. The van der Waals surface area contributed by atoms with E-state index < -0.39 is 11.4 Å². The summed E-state index contributed by atoms with van der Waals surface area (Å²) in [5.41, 5.74) is -0.127. The van der Waals surface area contributed by atoms with Gasteiger partial charge in [-0.2, -0.15) is 0 Å². The number of aliphatic hydroxyl groups is 1. The Morgan fingerprint density at radius 3 is 2.65 bits per heavy atom. The molecule has 0 aliphatic carbocycles. The average Bonchev–Trinajstić information content (AvgIpc) is 2.48. The molecular weight excluding hydrogens is 288 g/mol. The number of hydrogen-bond donors (Lipinski definition) is 1. The van der Waals surface area contributed by atoms with Crippen LogP contribution in [-0.2, 0) is 9.47 Å². The van der Waals surface area contributed by atoms with Gasteiger partial charge in [0, 0.05) is 11.5 Å². The summed E-state index contributed by atoms with van der Waals surface area (Å²) in [6, 6.07) is 9.73. The highest BCUT2D eigenvalue weighted by Crippen LogP contribution is 2.33. The topological polar surface area (TPSA) is 38.7 Å². The summed E-state index contributed by atoms with van der Waals surface area (Å²) < 4.78 is 11.8. The molecule has 126 valence electrons. The summed E-state index contributed by atoms with van der Waals surface area (Å²) in [6.07, 6.45) is 0.626. The van der Waals surface area contributed by atoms with Crippen molar-refractivity contribution in [3.8, 4) is 11.8 Å². The van der Waals surface area contributed by atoms with E-state index in [1.54, 1.807) is 6.92 Å². The molecule has 1 aromatic carbocycles. The van der Waals surface area contributed by atoms with Crippen LogP contribution in [0.2, 0.25) is 0 Å². The van der Waals surface area contributed by atoms with Gasteiger partial charge in [0.25, 0.3) is 0 Å². The lowest BCUT2D eigenvalue weighted by Gasteiger charge is -2.43. The molecule has 1 saturated heterocycles. The predicted molar refractivity (Wildman–Crippen MR) is 91.8 cm³/mol. The zero-order valence-electron chi connectivity index (χ0n) is 14.8. The van der Waals surface area contributed by atoms with E-state index >= 15 is 0 Å². The second kappa shape index (κ2) is 7.05. The maximum atomic E-state index is 10.6. The zero-order chi connectivity index (χ0) is 17.1. The van der Waals surface area contributed by atoms with Gasteiger partial charge >= 0.3 is 0 Å². The average molecular weight is 316 g/mol. The first-order valence-electron chi connectivity index (χ1n) is 8.31. The summed E-state index contributed by atoms with van der Waals surface area (Å²) in [6.45, 7) is 10.6. The van der Waals surface area contributed by atoms with E-state index in [1.807, 2.05) is 44.2 Å². The molecule has 1 aliphatic rings. The van der Waals surface area contributed by atoms with Gasteiger partial charge in [-0.15, -0.1) is 0 Å². The minimum atomic E-state index is -1.04. The highest BCUT2D eigenvalue weighted by atomic mass is 16.7. The van der Waals surface area contributed by atoms with Crippen molar-refractivity contribution in [1.29, 1.82) is 0 Å². The minimum Gasteiger partial charge on any atom is -0.378 e. The minimum absolute atomic E-state index is 0.0590. The molecule has 0 saturated carbocycles. The Bertz CT molecular complexity index is 566. The van der Waals surface area contributed by atoms with Gasteiger partial charge in [0.2, 0.25) is 0 Å². The van der Waals surface area contributed by atoms with Crippen LogP contribution in [0.3, 0.4) is 0 Å². The van der Waals surface area contributed by atoms with Crippen molar-refractivity contribution >= 4 is 0 Å². The summed E-state index contributed by atoms with van der Waals surface area (Å²) in [7, 11) is 0. The Kier molecular flexibility index (Phi) is 5.52. The van der Waals surface area contributed by atoms with Crippen LogP contribution in [0.4, 0.5) is 0 Å². The van der Waals surface area contributed by atoms with E-state index in [0.29, 0.717) is 18.9 Å². The standard InChI is InChI=1S/C20H28O3/c1-15(18-16(2)14-22-19(3,4)23-18)13-20(5,21)12-11-17-9-7-6-8-10-17/h6-10,15-16,18,21H,13-14H2,1-5H3/t15-,16-,18-,20-/m0/s1. The molecule has 1 aromatic rings. The van der Waals surface area contributed by atoms with Crippen LogP contribution >= 0.6 is 0 Å². The lowest BCUT2D eigenvalue weighted by Crippen LogP contribution is -2.48. The summed E-state index contributed by atoms with van der Waals surface area (Å²) in [5.74, 6) is 5.98. The Hall–Kier alpha value is -1.34. The fourth-order valence-electron chi connectivity index (χ4n) is 3.10. The van der Waals surface area contributed by atoms with Crippen LogP contribution in [0, 0.1) is 23.7 Å². The van der Waals surface area contributed by atoms with Crippen molar-refractivity contribution in [3.63, 3.8) is 0 Å². The van der Waals surface area contributed by atoms with Crippen LogP contribution in [0.25, 0.3) is 0 Å². The van der Waals surface area contributed by atoms with Gasteiger partial charge in [-0.05, 0) is 45.2 Å². The summed E-state index contributed by atoms with van der Waals surface area (Å²) in [4.78, 5) is 0. The van der Waals surface area contributed by atoms with Crippen LogP contribution in [0.15, 0.2) is 30.3 Å².